The van der Waals surface area contributed by atoms with E-state index in [2.05, 4.69) is 30.6 Å². The van der Waals surface area contributed by atoms with E-state index in [0.29, 0.717) is 11.4 Å². The Balaban J connectivity index is 1.31. The molecule has 0 unspecified atom stereocenters. The number of carbonyl (C=O) groups excluding carboxylic acids is 2. The predicted molar refractivity (Wildman–Crippen MR) is 205 cm³/mol. The Kier molecular flexibility index (Phi) is 10.7. The van der Waals surface area contributed by atoms with Crippen molar-refractivity contribution in [3.63, 3.8) is 0 Å². The van der Waals surface area contributed by atoms with Crippen molar-refractivity contribution in [2.24, 2.45) is 30.6 Å². The molecule has 4 aliphatic carbocycles. The molecular weight excluding hydrogens is 780 g/mol. The highest BCUT2D eigenvalue weighted by molar-refractivity contribution is 7.97. The molecule has 55 heavy (non-hydrogen) atoms. The third-order valence-electron chi connectivity index (χ3n) is 7.73. The van der Waals surface area contributed by atoms with E-state index in [1.807, 2.05) is 0 Å². The van der Waals surface area contributed by atoms with Gasteiger partial charge in [-0.1, -0.05) is 35.9 Å². The standard InChI is InChI=1S/C34H23ClN8O10S2/c35-26-17-24(43(46)47)11-14-27(26)40-41-32-28(54(48,49)50)15-20-16-29(55(51,52)53)33(34(45)30(20)31(32)36)42-39-22-7-3-19(4-8-22)18-1-5-21(6-2-18)37-38-23-9-12-25(44)13-10-23/h1-17,46-47H,(H4-,36,40,45,48,49,50,51,52,53)/p+1. The highest BCUT2D eigenvalue weighted by Gasteiger charge is 2.44. The van der Waals surface area contributed by atoms with Crippen LogP contribution in [0.3, 0.4) is 0 Å². The zero-order valence-electron chi connectivity index (χ0n) is 27.5. The summed E-state index contributed by atoms with van der Waals surface area (Å²) in [5.41, 5.74) is 5.73. The number of Topliss-reactive ketones (excluding diaryl/α,β-unsaturated/α-hetero) is 1. The van der Waals surface area contributed by atoms with E-state index in [4.69, 9.17) is 17.3 Å². The van der Waals surface area contributed by atoms with Crippen molar-refractivity contribution >= 4 is 95.5 Å². The monoisotopic (exact) mass is 803 g/mol. The smallest absolute Gasteiger partial charge is 0.388 e. The van der Waals surface area contributed by atoms with E-state index in [1.54, 1.807) is 48.6 Å². The number of hydrogen-bond donors (Lipinski definition) is 6. The van der Waals surface area contributed by atoms with Gasteiger partial charge in [0, 0.05) is 6.08 Å². The number of nitrogen functional groups attached to an aromatic ring is 1. The molecule has 2 aromatic carbocycles. The zero-order chi connectivity index (χ0) is 39.7. The maximum Gasteiger partial charge on any atom is 0.388 e. The summed E-state index contributed by atoms with van der Waals surface area (Å²) < 4.78 is 67.5. The van der Waals surface area contributed by atoms with Crippen molar-refractivity contribution in [1.29, 1.82) is 0 Å². The van der Waals surface area contributed by atoms with Gasteiger partial charge in [0.25, 0.3) is 15.0 Å². The number of fused-ring (bicyclic) bond motifs is 1. The number of carbonyl (C=O) groups is 2. The highest BCUT2D eigenvalue weighted by atomic mass is 35.5. The summed E-state index contributed by atoms with van der Waals surface area (Å²) in [6.45, 7) is 0. The number of ketones is 2. The first-order valence-electron chi connectivity index (χ1n) is 15.3. The van der Waals surface area contributed by atoms with Crippen LogP contribution in [0.2, 0.25) is 5.02 Å². The molecule has 0 saturated heterocycles. The first kappa shape index (κ1) is 38.5. The van der Waals surface area contributed by atoms with E-state index in [0.717, 1.165) is 29.4 Å². The predicted octanol–water partition coefficient (Wildman–Crippen LogP) is 5.99. The van der Waals surface area contributed by atoms with Crippen LogP contribution in [0.5, 0.6) is 0 Å². The maximum absolute atomic E-state index is 13.8. The van der Waals surface area contributed by atoms with Crippen LogP contribution in [0.4, 0.5) is 22.7 Å². The molecule has 2 aromatic rings. The average molecular weight is 804 g/mol. The average Bonchev–Trinajstić information content (AvgIpc) is 3.13. The molecule has 0 radical (unpaired) electrons. The van der Waals surface area contributed by atoms with Gasteiger partial charge in [-0.3, -0.25) is 24.6 Å². The van der Waals surface area contributed by atoms with Gasteiger partial charge in [-0.15, -0.1) is 20.6 Å². The fourth-order valence-corrected chi connectivity index (χ4v) is 6.62. The molecule has 0 fully saturated rings. The first-order valence-corrected chi connectivity index (χ1v) is 18.6. The summed E-state index contributed by atoms with van der Waals surface area (Å²) in [7, 11) is -10.1. The van der Waals surface area contributed by atoms with Crippen LogP contribution >= 0.6 is 11.6 Å². The van der Waals surface area contributed by atoms with Crippen LogP contribution in [0, 0.1) is 0 Å². The lowest BCUT2D eigenvalue weighted by atomic mass is 9.92. The molecule has 0 bridgehead atoms. The molecular formula is C34H24ClN8O10S2+. The number of nitrogens with two attached hydrogens (primary N) is 1. The molecule has 6 rings (SSSR count). The normalized spacial score (nSPS) is 17.5. The number of benzene rings is 2. The van der Waals surface area contributed by atoms with E-state index in [1.165, 1.54) is 36.4 Å². The van der Waals surface area contributed by atoms with Crippen molar-refractivity contribution in [2.75, 3.05) is 11.0 Å². The Morgan fingerprint density at radius 1 is 0.745 bits per heavy atom. The van der Waals surface area contributed by atoms with Crippen molar-refractivity contribution < 1.29 is 46.3 Å². The van der Waals surface area contributed by atoms with Gasteiger partial charge in [-0.05, 0) is 93.8 Å². The lowest BCUT2D eigenvalue weighted by Gasteiger charge is -2.18. The van der Waals surface area contributed by atoms with Gasteiger partial charge >= 0.3 is 10.5 Å². The van der Waals surface area contributed by atoms with E-state index in [-0.39, 0.29) is 38.7 Å². The lowest BCUT2D eigenvalue weighted by molar-refractivity contribution is -0.110. The second kappa shape index (κ2) is 15.3. The zero-order valence-corrected chi connectivity index (χ0v) is 29.9. The van der Waals surface area contributed by atoms with Gasteiger partial charge in [0.15, 0.2) is 11.5 Å². The number of anilines is 2. The Bertz CT molecular complexity index is 2600. The third kappa shape index (κ3) is 8.62. The largest absolute Gasteiger partial charge is 0.396 e. The van der Waals surface area contributed by atoms with E-state index < -0.39 is 58.8 Å². The lowest BCUT2D eigenvalue weighted by Crippen LogP contribution is -2.29. The number of hydrogen-bond acceptors (Lipinski definition) is 15. The number of rotatable bonds is 7. The Hall–Kier alpha value is -6.23. The molecule has 0 atom stereocenters. The third-order valence-corrected chi connectivity index (χ3v) is 9.78. The molecule has 0 amide bonds. The van der Waals surface area contributed by atoms with Gasteiger partial charge in [-0.2, -0.15) is 32.8 Å². The molecule has 18 nitrogen and oxygen atoms in total. The number of halogens is 1. The van der Waals surface area contributed by atoms with Gasteiger partial charge in [0.2, 0.25) is 5.78 Å². The molecule has 0 aromatic heterocycles. The summed E-state index contributed by atoms with van der Waals surface area (Å²) in [5.74, 6) is -1.30. The molecule has 0 saturated carbocycles. The quantitative estimate of drug-likeness (QED) is 0.0470. The van der Waals surface area contributed by atoms with Crippen molar-refractivity contribution in [1.82, 2.24) is 0 Å². The summed E-state index contributed by atoms with van der Waals surface area (Å²) >= 11 is 6.11. The van der Waals surface area contributed by atoms with Crippen molar-refractivity contribution in [3.8, 4) is 0 Å². The molecule has 0 aliphatic heterocycles. The highest BCUT2D eigenvalue weighted by Crippen LogP contribution is 2.42. The van der Waals surface area contributed by atoms with Crippen LogP contribution in [0.25, 0.3) is 6.08 Å². The van der Waals surface area contributed by atoms with Crippen LogP contribution in [-0.2, 0) is 29.6 Å². The Morgan fingerprint density at radius 3 is 1.76 bits per heavy atom. The first-order chi connectivity index (χ1) is 26.0. The topological polar surface area (TPSA) is 290 Å². The number of allylic oxidation sites excluding steroid dienone is 15. The minimum absolute atomic E-state index is 0.115. The number of nitrogens with zero attached hydrogens (tertiary/aromatic N) is 7. The van der Waals surface area contributed by atoms with Crippen LogP contribution in [0.1, 0.15) is 15.9 Å². The van der Waals surface area contributed by atoms with Crippen molar-refractivity contribution in [3.05, 3.63) is 129 Å². The fourth-order valence-electron chi connectivity index (χ4n) is 5.07. The van der Waals surface area contributed by atoms with E-state index >= 15 is 0 Å². The van der Waals surface area contributed by atoms with Crippen molar-refractivity contribution in [2.45, 2.75) is 4.90 Å². The van der Waals surface area contributed by atoms with Gasteiger partial charge in [0.1, 0.15) is 16.3 Å². The second-order valence-corrected chi connectivity index (χ2v) is 14.6. The van der Waals surface area contributed by atoms with Crippen LogP contribution in [0.15, 0.2) is 149 Å². The number of azo groups is 1. The van der Waals surface area contributed by atoms with Gasteiger partial charge in [0.05, 0.1) is 39.1 Å². The van der Waals surface area contributed by atoms with Gasteiger partial charge in [-0.25, -0.2) is 0 Å². The maximum atomic E-state index is 13.8. The fraction of sp³-hybridized carbons (Fsp3) is 0. The Morgan fingerprint density at radius 2 is 1.27 bits per heavy atom. The Labute approximate surface area is 316 Å². The summed E-state index contributed by atoms with van der Waals surface area (Å²) in [4.78, 5) is 23.2. The summed E-state index contributed by atoms with van der Waals surface area (Å²) in [5, 5.41) is 41.7. The molecule has 0 heterocycles. The van der Waals surface area contributed by atoms with E-state index in [9.17, 15) is 46.3 Å². The van der Waals surface area contributed by atoms with Crippen LogP contribution in [-0.4, -0.2) is 66.9 Å². The summed E-state index contributed by atoms with van der Waals surface area (Å²) in [6.07, 6.45) is 20.2. The molecule has 278 valence electrons. The molecule has 21 heteroatoms. The van der Waals surface area contributed by atoms with Crippen LogP contribution < -0.4 is 11.0 Å². The van der Waals surface area contributed by atoms with Gasteiger partial charge < -0.3 is 5.73 Å². The molecule has 7 N–H and O–H groups in total. The minimum Gasteiger partial charge on any atom is -0.396 e. The minimum atomic E-state index is -5.14. The molecule has 4 aliphatic rings. The SMILES string of the molecule is Nc1c(N=Nc2ccc(N(O)O)cc2Cl)c(S(=O)(=O)O)cc2c1C(=O)C(=NN=C1C=CC(=C3C=CC(=NN=C4C=CC(=O)C=C4)C=C3)C=C1)C([S+](=O)(O)O)=C2. The second-order valence-electron chi connectivity index (χ2n) is 11.4. The summed E-state index contributed by atoms with van der Waals surface area (Å²) in [6, 6.07) is 4.17. The molecule has 0 spiro atoms.